The Labute approximate surface area is 218 Å². The summed E-state index contributed by atoms with van der Waals surface area (Å²) < 4.78 is 34.9. The van der Waals surface area contributed by atoms with Gasteiger partial charge in [0.05, 0.1) is 12.0 Å². The molecule has 0 aromatic heterocycles. The number of thioether (sulfide) groups is 1. The molecule has 1 saturated heterocycles. The Morgan fingerprint density at radius 3 is 2.41 bits per heavy atom. The molecule has 2 aromatic rings. The Balaban J connectivity index is 1.66. The lowest BCUT2D eigenvalue weighted by Gasteiger charge is -2.37. The van der Waals surface area contributed by atoms with E-state index >= 15 is 0 Å². The van der Waals surface area contributed by atoms with Gasteiger partial charge in [-0.15, -0.1) is 0 Å². The first-order valence-electron chi connectivity index (χ1n) is 11.3. The van der Waals surface area contributed by atoms with Crippen molar-refractivity contribution in [2.45, 2.75) is 29.0 Å². The molecule has 4 amide bonds. The maximum absolute atomic E-state index is 14.8. The first-order chi connectivity index (χ1) is 17.4. The van der Waals surface area contributed by atoms with Gasteiger partial charge in [0.15, 0.2) is 0 Å². The summed E-state index contributed by atoms with van der Waals surface area (Å²) in [7, 11) is -0.186. The third kappa shape index (κ3) is 5.59. The number of hydrogen-bond donors (Lipinski definition) is 2. The van der Waals surface area contributed by atoms with Gasteiger partial charge < -0.3 is 15.0 Å². The van der Waals surface area contributed by atoms with Gasteiger partial charge >= 0.3 is 0 Å². The summed E-state index contributed by atoms with van der Waals surface area (Å²) in [5, 5.41) is 3.29. The lowest BCUT2D eigenvalue weighted by Crippen LogP contribution is -2.46. The number of halogens is 2. The van der Waals surface area contributed by atoms with Gasteiger partial charge in [-0.1, -0.05) is 17.8 Å². The van der Waals surface area contributed by atoms with Gasteiger partial charge in [0.2, 0.25) is 11.8 Å². The molecule has 37 heavy (non-hydrogen) atoms. The summed E-state index contributed by atoms with van der Waals surface area (Å²) in [5.74, 6) is -2.64. The van der Waals surface area contributed by atoms with E-state index in [2.05, 4.69) is 10.6 Å². The molecule has 8 nitrogen and oxygen atoms in total. The number of hydrogen-bond acceptors (Lipinski definition) is 6. The highest BCUT2D eigenvalue weighted by Gasteiger charge is 2.40. The van der Waals surface area contributed by atoms with E-state index in [-0.39, 0.29) is 23.5 Å². The molecule has 0 saturated carbocycles. The fourth-order valence-corrected chi connectivity index (χ4v) is 6.61. The highest BCUT2D eigenvalue weighted by molar-refractivity contribution is 8.32. The van der Waals surface area contributed by atoms with Crippen molar-refractivity contribution >= 4 is 50.4 Å². The van der Waals surface area contributed by atoms with Crippen molar-refractivity contribution in [2.75, 3.05) is 37.7 Å². The molecular formula is C25H27F2N3O5S2. The summed E-state index contributed by atoms with van der Waals surface area (Å²) >= 11 is 0.730. The molecule has 0 bridgehead atoms. The average Bonchev–Trinajstić information content (AvgIpc) is 3.12. The molecule has 2 N–H and O–H groups in total. The second kappa shape index (κ2) is 10.3. The van der Waals surface area contributed by atoms with Crippen LogP contribution in [-0.4, -0.2) is 65.5 Å². The Bertz CT molecular complexity index is 1270. The largest absolute Gasteiger partial charge is 0.497 e. The van der Waals surface area contributed by atoms with Crippen molar-refractivity contribution in [3.63, 3.8) is 0 Å². The Morgan fingerprint density at radius 1 is 1.16 bits per heavy atom. The molecule has 0 spiro atoms. The van der Waals surface area contributed by atoms with E-state index < -0.39 is 55.9 Å². The number of amides is 4. The minimum Gasteiger partial charge on any atom is -0.497 e. The predicted octanol–water partition coefficient (Wildman–Crippen LogP) is 3.83. The lowest BCUT2D eigenvalue weighted by atomic mass is 9.91. The zero-order valence-electron chi connectivity index (χ0n) is 20.7. The van der Waals surface area contributed by atoms with Crippen LogP contribution in [0.4, 0.5) is 19.3 Å². The molecule has 2 aromatic carbocycles. The van der Waals surface area contributed by atoms with E-state index in [9.17, 15) is 28.0 Å². The van der Waals surface area contributed by atoms with Gasteiger partial charge in [-0.25, -0.2) is 18.8 Å². The third-order valence-electron chi connectivity index (χ3n) is 6.15. The van der Waals surface area contributed by atoms with Gasteiger partial charge in [0.25, 0.3) is 11.1 Å². The lowest BCUT2D eigenvalue weighted by molar-refractivity contribution is -0.140. The SMILES string of the molecule is COc1ccc2c(c1)CCN(C(=O)CC1SC(=O)NC1=O)[C@H]2C(=O)Nc1cc(F)c(S(C)(C)C)c(F)c1. The third-order valence-corrected chi connectivity index (χ3v) is 8.75. The minimum absolute atomic E-state index is 0.0145. The Kier molecular flexibility index (Phi) is 7.52. The molecule has 0 aliphatic carbocycles. The van der Waals surface area contributed by atoms with Gasteiger partial charge in [-0.2, -0.15) is 0 Å². The fourth-order valence-electron chi connectivity index (χ4n) is 4.51. The number of anilines is 1. The number of imide groups is 1. The highest BCUT2D eigenvalue weighted by Crippen LogP contribution is 2.48. The Morgan fingerprint density at radius 2 is 1.84 bits per heavy atom. The second-order valence-electron chi connectivity index (χ2n) is 9.49. The molecular weight excluding hydrogens is 524 g/mol. The van der Waals surface area contributed by atoms with Crippen molar-refractivity contribution in [2.24, 2.45) is 0 Å². The number of carbonyl (C=O) groups excluding carboxylic acids is 4. The molecule has 1 unspecified atom stereocenters. The molecule has 1 fully saturated rings. The summed E-state index contributed by atoms with van der Waals surface area (Å²) in [4.78, 5) is 51.7. The van der Waals surface area contributed by atoms with Crippen molar-refractivity contribution in [1.29, 1.82) is 0 Å². The summed E-state index contributed by atoms with van der Waals surface area (Å²) in [6.07, 6.45) is 5.45. The number of fused-ring (bicyclic) bond motifs is 1. The van der Waals surface area contributed by atoms with Crippen LogP contribution in [0.15, 0.2) is 35.2 Å². The maximum atomic E-state index is 14.8. The van der Waals surface area contributed by atoms with E-state index in [0.717, 1.165) is 29.5 Å². The summed E-state index contributed by atoms with van der Waals surface area (Å²) in [5.41, 5.74) is 1.25. The molecule has 2 aliphatic heterocycles. The number of ether oxygens (including phenoxy) is 1. The zero-order valence-corrected chi connectivity index (χ0v) is 22.4. The van der Waals surface area contributed by atoms with Crippen LogP contribution in [0.5, 0.6) is 5.75 Å². The van der Waals surface area contributed by atoms with Crippen LogP contribution < -0.4 is 15.4 Å². The van der Waals surface area contributed by atoms with Crippen molar-refractivity contribution in [3.05, 3.63) is 53.1 Å². The summed E-state index contributed by atoms with van der Waals surface area (Å²) in [6, 6.07) is 6.13. The van der Waals surface area contributed by atoms with E-state index in [1.165, 1.54) is 12.0 Å². The topological polar surface area (TPSA) is 105 Å². The van der Waals surface area contributed by atoms with Crippen molar-refractivity contribution < 1.29 is 32.7 Å². The van der Waals surface area contributed by atoms with Crippen LogP contribution in [0.3, 0.4) is 0 Å². The van der Waals surface area contributed by atoms with Crippen LogP contribution in [0.2, 0.25) is 0 Å². The molecule has 198 valence electrons. The predicted molar refractivity (Wildman–Crippen MR) is 139 cm³/mol. The van der Waals surface area contributed by atoms with Crippen molar-refractivity contribution in [3.8, 4) is 5.75 Å². The van der Waals surface area contributed by atoms with E-state index in [0.29, 0.717) is 17.7 Å². The van der Waals surface area contributed by atoms with Gasteiger partial charge in [0, 0.05) is 18.7 Å². The molecule has 2 atom stereocenters. The summed E-state index contributed by atoms with van der Waals surface area (Å²) in [6.45, 7) is 0.166. The number of carbonyl (C=O) groups is 4. The van der Waals surface area contributed by atoms with Gasteiger partial charge in [-0.3, -0.25) is 24.5 Å². The molecule has 4 rings (SSSR count). The smallest absolute Gasteiger partial charge is 0.286 e. The zero-order chi connectivity index (χ0) is 27.1. The van der Waals surface area contributed by atoms with Crippen LogP contribution in [0.25, 0.3) is 0 Å². The number of benzene rings is 2. The van der Waals surface area contributed by atoms with Crippen molar-refractivity contribution in [1.82, 2.24) is 10.2 Å². The van der Waals surface area contributed by atoms with Gasteiger partial charge in [-0.05, 0) is 60.6 Å². The standard InChI is InChI=1S/C25H27F2N3O5S2/c1-35-15-5-6-16-13(9-15)7-8-30(20(31)12-19-23(32)29-25(34)36-19)21(16)24(33)28-14-10-17(26)22(18(27)11-14)37(2,3)4/h5-6,9-11,19,21H,7-8,12H2,1-4H3,(H,28,33)(H,29,32,34)/t19?,21-/m1/s1. The normalized spacial score (nSPS) is 19.8. The number of nitrogens with zero attached hydrogens (tertiary/aromatic N) is 1. The Hall–Kier alpha value is -3.12. The van der Waals surface area contributed by atoms with Gasteiger partial charge in [0.1, 0.15) is 28.7 Å². The van der Waals surface area contributed by atoms with E-state index in [1.54, 1.807) is 37.0 Å². The van der Waals surface area contributed by atoms with Crippen LogP contribution >= 0.6 is 21.8 Å². The minimum atomic E-state index is -1.70. The quantitative estimate of drug-likeness (QED) is 0.566. The molecule has 2 aliphatic rings. The first kappa shape index (κ1) is 26.9. The maximum Gasteiger partial charge on any atom is 0.286 e. The highest BCUT2D eigenvalue weighted by atomic mass is 32.3. The molecule has 12 heteroatoms. The fraction of sp³-hybridized carbons (Fsp3) is 0.360. The van der Waals surface area contributed by atoms with Crippen LogP contribution in [-0.2, 0) is 20.8 Å². The number of rotatable bonds is 6. The van der Waals surface area contributed by atoms with E-state index in [4.69, 9.17) is 4.74 Å². The monoisotopic (exact) mass is 551 g/mol. The second-order valence-corrected chi connectivity index (χ2v) is 14.7. The van der Waals surface area contributed by atoms with Crippen LogP contribution in [0.1, 0.15) is 23.6 Å². The van der Waals surface area contributed by atoms with Crippen LogP contribution in [0, 0.1) is 11.6 Å². The average molecular weight is 552 g/mol. The number of nitrogens with one attached hydrogen (secondary N) is 2. The molecule has 2 heterocycles. The molecule has 0 radical (unpaired) electrons. The number of methoxy groups -OCH3 is 1. The van der Waals surface area contributed by atoms with E-state index in [1.807, 2.05) is 0 Å². The first-order valence-corrected chi connectivity index (χ1v) is 15.1.